The van der Waals surface area contributed by atoms with Crippen LogP contribution in [0.2, 0.25) is 0 Å². The Bertz CT molecular complexity index is 573. The van der Waals surface area contributed by atoms with Gasteiger partial charge in [0.25, 0.3) is 0 Å². The first kappa shape index (κ1) is 14.7. The molecular weight excluding hydrogens is 280 g/mol. The van der Waals surface area contributed by atoms with E-state index in [0.29, 0.717) is 0 Å². The fourth-order valence-corrected chi connectivity index (χ4v) is 3.68. The van der Waals surface area contributed by atoms with E-state index in [1.165, 1.54) is 29.4 Å². The molecule has 0 unspecified atom stereocenters. The summed E-state index contributed by atoms with van der Waals surface area (Å²) in [5.41, 5.74) is 2.35. The molecule has 0 bridgehead atoms. The Morgan fingerprint density at radius 3 is 3.14 bits per heavy atom. The third-order valence-electron chi connectivity index (χ3n) is 3.85. The normalized spacial score (nSPS) is 16.3. The minimum Gasteiger partial charge on any atom is -0.354 e. The lowest BCUT2D eigenvalue weighted by molar-refractivity contribution is 0.657. The van der Waals surface area contributed by atoms with Gasteiger partial charge in [-0.3, -0.25) is 0 Å². The van der Waals surface area contributed by atoms with Gasteiger partial charge in [0.15, 0.2) is 5.82 Å². The van der Waals surface area contributed by atoms with Gasteiger partial charge in [0, 0.05) is 31.6 Å². The number of anilines is 1. The second-order valence-electron chi connectivity index (χ2n) is 5.44. The molecule has 1 N–H and O–H groups in total. The number of hydrogen-bond donors (Lipinski definition) is 1. The van der Waals surface area contributed by atoms with Crippen molar-refractivity contribution in [1.29, 1.82) is 0 Å². The summed E-state index contributed by atoms with van der Waals surface area (Å²) in [6, 6.07) is 6.24. The third kappa shape index (κ3) is 3.35. The van der Waals surface area contributed by atoms with Gasteiger partial charge in [-0.05, 0) is 37.3 Å². The topological polar surface area (TPSA) is 32.6 Å². The van der Waals surface area contributed by atoms with Crippen molar-refractivity contribution in [2.75, 3.05) is 36.0 Å². The largest absolute Gasteiger partial charge is 0.354 e. The van der Waals surface area contributed by atoms with E-state index in [1.807, 2.05) is 0 Å². The number of pyridine rings is 1. The maximum Gasteiger partial charge on any atom is 0.152 e. The van der Waals surface area contributed by atoms with Crippen molar-refractivity contribution in [3.05, 3.63) is 30.1 Å². The van der Waals surface area contributed by atoms with Gasteiger partial charge in [-0.15, -0.1) is 0 Å². The Hall–Kier alpha value is -1.20. The van der Waals surface area contributed by atoms with Crippen molar-refractivity contribution in [2.45, 2.75) is 26.3 Å². The van der Waals surface area contributed by atoms with Crippen molar-refractivity contribution in [1.82, 2.24) is 14.7 Å². The number of aromatic nitrogens is 2. The predicted molar refractivity (Wildman–Crippen MR) is 91.3 cm³/mol. The zero-order chi connectivity index (χ0) is 14.5. The molecule has 114 valence electrons. The van der Waals surface area contributed by atoms with Crippen molar-refractivity contribution >= 4 is 23.2 Å². The molecule has 1 saturated heterocycles. The monoisotopic (exact) mass is 304 g/mol. The molecule has 3 heterocycles. The predicted octanol–water partition coefficient (Wildman–Crippen LogP) is 2.78. The molecule has 0 atom stereocenters. The van der Waals surface area contributed by atoms with Crippen LogP contribution in [0.5, 0.6) is 0 Å². The summed E-state index contributed by atoms with van der Waals surface area (Å²) in [5.74, 6) is 3.65. The van der Waals surface area contributed by atoms with Gasteiger partial charge in [0.2, 0.25) is 0 Å². The molecule has 0 aromatic carbocycles. The molecule has 1 aliphatic rings. The highest BCUT2D eigenvalue weighted by molar-refractivity contribution is 7.99. The molecule has 1 aliphatic heterocycles. The van der Waals surface area contributed by atoms with Crippen molar-refractivity contribution < 1.29 is 0 Å². The van der Waals surface area contributed by atoms with Crippen LogP contribution in [0.25, 0.3) is 5.65 Å². The number of fused-ring (bicyclic) bond motifs is 1. The van der Waals surface area contributed by atoms with Gasteiger partial charge >= 0.3 is 0 Å². The van der Waals surface area contributed by atoms with Gasteiger partial charge < -0.3 is 14.6 Å². The maximum atomic E-state index is 4.90. The molecular formula is C16H24N4S. The lowest BCUT2D eigenvalue weighted by atomic mass is 10.3. The molecule has 0 aliphatic carbocycles. The Balaban J connectivity index is 1.92. The fraction of sp³-hybridized carbons (Fsp3) is 0.562. The molecule has 21 heavy (non-hydrogen) atoms. The summed E-state index contributed by atoms with van der Waals surface area (Å²) in [5, 5.41) is 3.53. The summed E-state index contributed by atoms with van der Waals surface area (Å²) in [6.07, 6.45) is 4.54. The van der Waals surface area contributed by atoms with Gasteiger partial charge in [-0.1, -0.05) is 13.0 Å². The number of nitrogens with zero attached hydrogens (tertiary/aromatic N) is 3. The molecule has 0 spiro atoms. The number of hydrogen-bond acceptors (Lipinski definition) is 4. The summed E-state index contributed by atoms with van der Waals surface area (Å²) < 4.78 is 2.23. The molecule has 0 amide bonds. The van der Waals surface area contributed by atoms with E-state index < -0.39 is 0 Å². The highest BCUT2D eigenvalue weighted by Gasteiger charge is 2.19. The zero-order valence-electron chi connectivity index (χ0n) is 12.7. The van der Waals surface area contributed by atoms with E-state index in [9.17, 15) is 0 Å². The van der Waals surface area contributed by atoms with Crippen molar-refractivity contribution in [3.8, 4) is 0 Å². The molecule has 2 aromatic heterocycles. The average Bonchev–Trinajstić information content (AvgIpc) is 2.70. The number of thioether (sulfide) groups is 1. The summed E-state index contributed by atoms with van der Waals surface area (Å²) in [6.45, 7) is 6.37. The Morgan fingerprint density at radius 2 is 2.24 bits per heavy atom. The highest BCUT2D eigenvalue weighted by atomic mass is 32.2. The summed E-state index contributed by atoms with van der Waals surface area (Å²) in [7, 11) is 0. The lowest BCUT2D eigenvalue weighted by Crippen LogP contribution is -2.28. The third-order valence-corrected chi connectivity index (χ3v) is 4.90. The standard InChI is InChI=1S/C16H24N4S/c1-2-7-17-13-14-16(19-8-5-11-21-12-10-19)18-15-6-3-4-9-20(14)15/h3-4,6,9,17H,2,5,7-8,10-13H2,1H3. The molecule has 2 aromatic rings. The minimum absolute atomic E-state index is 0.887. The summed E-state index contributed by atoms with van der Waals surface area (Å²) in [4.78, 5) is 7.36. The van der Waals surface area contributed by atoms with Gasteiger partial charge in [-0.25, -0.2) is 4.98 Å². The Labute approximate surface area is 130 Å². The second-order valence-corrected chi connectivity index (χ2v) is 6.67. The van der Waals surface area contributed by atoms with E-state index in [-0.39, 0.29) is 0 Å². The maximum absolute atomic E-state index is 4.90. The smallest absolute Gasteiger partial charge is 0.152 e. The van der Waals surface area contributed by atoms with Crippen LogP contribution < -0.4 is 10.2 Å². The quantitative estimate of drug-likeness (QED) is 0.861. The van der Waals surface area contributed by atoms with Gasteiger partial charge in [0.05, 0.1) is 5.69 Å². The number of imidazole rings is 1. The van der Waals surface area contributed by atoms with Crippen LogP contribution >= 0.6 is 11.8 Å². The van der Waals surface area contributed by atoms with E-state index in [2.05, 4.69) is 57.7 Å². The number of nitrogens with one attached hydrogen (secondary N) is 1. The SMILES string of the molecule is CCCNCc1c(N2CCCSCC2)nc2ccccn12. The van der Waals surface area contributed by atoms with Gasteiger partial charge in [0.1, 0.15) is 5.65 Å². The average molecular weight is 304 g/mol. The molecule has 0 radical (unpaired) electrons. The molecule has 0 saturated carbocycles. The fourth-order valence-electron chi connectivity index (χ4n) is 2.79. The van der Waals surface area contributed by atoms with Crippen LogP contribution in [-0.4, -0.2) is 40.5 Å². The van der Waals surface area contributed by atoms with Crippen LogP contribution in [0.15, 0.2) is 24.4 Å². The molecule has 5 heteroatoms. The van der Waals surface area contributed by atoms with E-state index in [0.717, 1.165) is 38.2 Å². The van der Waals surface area contributed by atoms with E-state index in [4.69, 9.17) is 4.98 Å². The van der Waals surface area contributed by atoms with Crippen LogP contribution in [0.1, 0.15) is 25.5 Å². The Morgan fingerprint density at radius 1 is 1.29 bits per heavy atom. The van der Waals surface area contributed by atoms with Crippen LogP contribution in [0, 0.1) is 0 Å². The highest BCUT2D eigenvalue weighted by Crippen LogP contribution is 2.24. The van der Waals surface area contributed by atoms with Crippen LogP contribution in [0.3, 0.4) is 0 Å². The minimum atomic E-state index is 0.887. The lowest BCUT2D eigenvalue weighted by Gasteiger charge is -2.21. The molecule has 3 rings (SSSR count). The van der Waals surface area contributed by atoms with Crippen molar-refractivity contribution in [2.24, 2.45) is 0 Å². The van der Waals surface area contributed by atoms with E-state index in [1.54, 1.807) is 0 Å². The molecule has 1 fully saturated rings. The summed E-state index contributed by atoms with van der Waals surface area (Å²) >= 11 is 2.06. The zero-order valence-corrected chi connectivity index (χ0v) is 13.5. The first-order valence-corrected chi connectivity index (χ1v) is 9.05. The second kappa shape index (κ2) is 7.18. The first-order chi connectivity index (χ1) is 10.4. The van der Waals surface area contributed by atoms with Crippen LogP contribution in [-0.2, 0) is 6.54 Å². The first-order valence-electron chi connectivity index (χ1n) is 7.89. The van der Waals surface area contributed by atoms with Crippen LogP contribution in [0.4, 0.5) is 5.82 Å². The van der Waals surface area contributed by atoms with Gasteiger partial charge in [-0.2, -0.15) is 11.8 Å². The van der Waals surface area contributed by atoms with Crippen molar-refractivity contribution in [3.63, 3.8) is 0 Å². The number of rotatable bonds is 5. The molecule has 4 nitrogen and oxygen atoms in total. The Kier molecular flexibility index (Phi) is 5.04. The van der Waals surface area contributed by atoms with E-state index >= 15 is 0 Å².